The van der Waals surface area contributed by atoms with Crippen LogP contribution in [0.25, 0.3) is 0 Å². The highest BCUT2D eigenvalue weighted by atomic mass is 79.9. The molecule has 0 heterocycles. The Labute approximate surface area is 123 Å². The molecule has 1 aliphatic carbocycles. The van der Waals surface area contributed by atoms with E-state index in [4.69, 9.17) is 5.11 Å². The lowest BCUT2D eigenvalue weighted by molar-refractivity contribution is -0.153. The van der Waals surface area contributed by atoms with Crippen LogP contribution in [-0.4, -0.2) is 23.7 Å². The number of carboxylic acid groups (broad SMARTS) is 1. The molecule has 2 amide bonds. The van der Waals surface area contributed by atoms with Crippen molar-refractivity contribution in [3.63, 3.8) is 0 Å². The molecule has 0 aromatic heterocycles. The van der Waals surface area contributed by atoms with Crippen molar-refractivity contribution in [1.29, 1.82) is 0 Å². The molecule has 7 heteroatoms. The molecule has 20 heavy (non-hydrogen) atoms. The third-order valence-corrected chi connectivity index (χ3v) is 4.19. The average molecular weight is 345 g/mol. The van der Waals surface area contributed by atoms with Crippen LogP contribution in [0, 0.1) is 11.2 Å². The van der Waals surface area contributed by atoms with Crippen LogP contribution in [-0.2, 0) is 4.79 Å². The summed E-state index contributed by atoms with van der Waals surface area (Å²) in [5.41, 5.74) is -0.418. The molecule has 3 N–H and O–H groups in total. The molecule has 0 saturated heterocycles. The van der Waals surface area contributed by atoms with E-state index in [2.05, 4.69) is 26.6 Å². The zero-order valence-corrected chi connectivity index (χ0v) is 12.2. The molecule has 1 aromatic rings. The number of aliphatic carboxylic acids is 1. The molecule has 0 atom stereocenters. The zero-order valence-electron chi connectivity index (χ0n) is 10.6. The third kappa shape index (κ3) is 3.09. The number of anilines is 1. The quantitative estimate of drug-likeness (QED) is 0.785. The van der Waals surface area contributed by atoms with Gasteiger partial charge in [-0.15, -0.1) is 0 Å². The van der Waals surface area contributed by atoms with Gasteiger partial charge in [-0.3, -0.25) is 4.79 Å². The Morgan fingerprint density at radius 2 is 2.10 bits per heavy atom. The standard InChI is InChI=1S/C13H14BrFN2O3/c14-9-6-8(15)2-3-10(9)17-12(20)16-7-13(11(18)19)4-1-5-13/h2-3,6H,1,4-5,7H2,(H,18,19)(H2,16,17,20). The number of carbonyl (C=O) groups is 2. The van der Waals surface area contributed by atoms with Crippen molar-refractivity contribution >= 4 is 33.6 Å². The molecule has 2 rings (SSSR count). The minimum absolute atomic E-state index is 0.0903. The largest absolute Gasteiger partial charge is 0.481 e. The number of hydrogen-bond donors (Lipinski definition) is 3. The first kappa shape index (κ1) is 14.8. The summed E-state index contributed by atoms with van der Waals surface area (Å²) < 4.78 is 13.3. The number of nitrogens with one attached hydrogen (secondary N) is 2. The Morgan fingerprint density at radius 3 is 2.60 bits per heavy atom. The number of carboxylic acids is 1. The predicted molar refractivity (Wildman–Crippen MR) is 75.0 cm³/mol. The fourth-order valence-corrected chi connectivity index (χ4v) is 2.53. The number of amides is 2. The van der Waals surface area contributed by atoms with Crippen LogP contribution in [0.4, 0.5) is 14.9 Å². The highest BCUT2D eigenvalue weighted by molar-refractivity contribution is 9.10. The number of halogens is 2. The number of hydrogen-bond acceptors (Lipinski definition) is 2. The lowest BCUT2D eigenvalue weighted by Gasteiger charge is -2.37. The second-order valence-corrected chi connectivity index (χ2v) is 5.73. The highest BCUT2D eigenvalue weighted by Crippen LogP contribution is 2.40. The lowest BCUT2D eigenvalue weighted by atomic mass is 9.69. The molecular formula is C13H14BrFN2O3. The van der Waals surface area contributed by atoms with Crippen molar-refractivity contribution < 1.29 is 19.1 Å². The van der Waals surface area contributed by atoms with E-state index in [0.717, 1.165) is 6.42 Å². The summed E-state index contributed by atoms with van der Waals surface area (Å²) in [5, 5.41) is 14.2. The van der Waals surface area contributed by atoms with E-state index in [0.29, 0.717) is 23.0 Å². The summed E-state index contributed by atoms with van der Waals surface area (Å²) >= 11 is 3.14. The zero-order chi connectivity index (χ0) is 14.8. The minimum Gasteiger partial charge on any atom is -0.481 e. The summed E-state index contributed by atoms with van der Waals surface area (Å²) in [6.07, 6.45) is 2.00. The smallest absolute Gasteiger partial charge is 0.319 e. The molecule has 1 aromatic carbocycles. The molecule has 1 aliphatic rings. The van der Waals surface area contributed by atoms with Gasteiger partial charge in [-0.1, -0.05) is 6.42 Å². The normalized spacial score (nSPS) is 16.1. The van der Waals surface area contributed by atoms with Gasteiger partial charge in [-0.05, 0) is 47.0 Å². The van der Waals surface area contributed by atoms with Gasteiger partial charge in [0.25, 0.3) is 0 Å². The van der Waals surface area contributed by atoms with Gasteiger partial charge in [-0.2, -0.15) is 0 Å². The van der Waals surface area contributed by atoms with Crippen molar-refractivity contribution in [2.24, 2.45) is 5.41 Å². The first-order chi connectivity index (χ1) is 9.43. The van der Waals surface area contributed by atoms with Gasteiger partial charge in [0, 0.05) is 11.0 Å². The summed E-state index contributed by atoms with van der Waals surface area (Å²) in [6.45, 7) is 0.0903. The van der Waals surface area contributed by atoms with E-state index in [1.165, 1.54) is 18.2 Å². The third-order valence-electron chi connectivity index (χ3n) is 3.53. The maximum Gasteiger partial charge on any atom is 0.319 e. The van der Waals surface area contributed by atoms with Crippen LogP contribution < -0.4 is 10.6 Å². The molecule has 0 aliphatic heterocycles. The Bertz CT molecular complexity index is 546. The summed E-state index contributed by atoms with van der Waals surface area (Å²) in [4.78, 5) is 22.9. The van der Waals surface area contributed by atoms with Crippen LogP contribution in [0.2, 0.25) is 0 Å². The first-order valence-corrected chi connectivity index (χ1v) is 6.96. The van der Waals surface area contributed by atoms with Gasteiger partial charge in [0.05, 0.1) is 11.1 Å². The van der Waals surface area contributed by atoms with Crippen molar-refractivity contribution in [3.05, 3.63) is 28.5 Å². The Hall–Kier alpha value is -1.63. The van der Waals surface area contributed by atoms with Gasteiger partial charge in [0.2, 0.25) is 0 Å². The highest BCUT2D eigenvalue weighted by Gasteiger charge is 2.44. The second kappa shape index (κ2) is 5.78. The summed E-state index contributed by atoms with van der Waals surface area (Å²) in [6, 6.07) is 3.38. The lowest BCUT2D eigenvalue weighted by Crippen LogP contribution is -2.48. The second-order valence-electron chi connectivity index (χ2n) is 4.87. The molecule has 0 radical (unpaired) electrons. The van der Waals surface area contributed by atoms with Gasteiger partial charge in [0.15, 0.2) is 0 Å². The maximum absolute atomic E-state index is 12.9. The summed E-state index contributed by atoms with van der Waals surface area (Å²) in [5.74, 6) is -1.30. The van der Waals surface area contributed by atoms with Gasteiger partial charge in [-0.25, -0.2) is 9.18 Å². The van der Waals surface area contributed by atoms with E-state index in [9.17, 15) is 14.0 Å². The fourth-order valence-electron chi connectivity index (χ4n) is 2.08. The van der Waals surface area contributed by atoms with Crippen molar-refractivity contribution in [3.8, 4) is 0 Å². The fraction of sp³-hybridized carbons (Fsp3) is 0.385. The van der Waals surface area contributed by atoms with Gasteiger partial charge < -0.3 is 15.7 Å². The summed E-state index contributed by atoms with van der Waals surface area (Å²) in [7, 11) is 0. The van der Waals surface area contributed by atoms with E-state index in [1.54, 1.807) is 0 Å². The van der Waals surface area contributed by atoms with Crippen LogP contribution in [0.1, 0.15) is 19.3 Å². The average Bonchev–Trinajstić information content (AvgIpc) is 2.31. The molecule has 0 unspecified atom stereocenters. The Kier molecular flexibility index (Phi) is 4.27. The Balaban J connectivity index is 1.91. The number of benzene rings is 1. The Morgan fingerprint density at radius 1 is 1.40 bits per heavy atom. The molecule has 0 spiro atoms. The van der Waals surface area contributed by atoms with Crippen molar-refractivity contribution in [2.75, 3.05) is 11.9 Å². The number of urea groups is 1. The van der Waals surface area contributed by atoms with Gasteiger partial charge in [0.1, 0.15) is 5.82 Å². The van der Waals surface area contributed by atoms with Crippen LogP contribution in [0.15, 0.2) is 22.7 Å². The number of rotatable bonds is 4. The van der Waals surface area contributed by atoms with Crippen LogP contribution >= 0.6 is 15.9 Å². The van der Waals surface area contributed by atoms with Crippen molar-refractivity contribution in [2.45, 2.75) is 19.3 Å². The predicted octanol–water partition coefficient (Wildman–Crippen LogP) is 2.96. The molecule has 0 bridgehead atoms. The molecule has 5 nitrogen and oxygen atoms in total. The van der Waals surface area contributed by atoms with E-state index < -0.39 is 23.2 Å². The van der Waals surface area contributed by atoms with Crippen molar-refractivity contribution in [1.82, 2.24) is 5.32 Å². The first-order valence-electron chi connectivity index (χ1n) is 6.16. The van der Waals surface area contributed by atoms with E-state index >= 15 is 0 Å². The minimum atomic E-state index is -0.882. The van der Waals surface area contributed by atoms with E-state index in [1.807, 2.05) is 0 Å². The van der Waals surface area contributed by atoms with Crippen LogP contribution in [0.5, 0.6) is 0 Å². The van der Waals surface area contributed by atoms with Gasteiger partial charge >= 0.3 is 12.0 Å². The molecule has 108 valence electrons. The molecular weight excluding hydrogens is 331 g/mol. The SMILES string of the molecule is O=C(NCC1(C(=O)O)CCC1)Nc1ccc(F)cc1Br. The van der Waals surface area contributed by atoms with Crippen LogP contribution in [0.3, 0.4) is 0 Å². The topological polar surface area (TPSA) is 78.4 Å². The number of carbonyl (C=O) groups excluding carboxylic acids is 1. The molecule has 1 saturated carbocycles. The maximum atomic E-state index is 12.9. The molecule has 1 fully saturated rings. The monoisotopic (exact) mass is 344 g/mol. The van der Waals surface area contributed by atoms with E-state index in [-0.39, 0.29) is 6.54 Å².